The fourth-order valence-corrected chi connectivity index (χ4v) is 1.65. The summed E-state index contributed by atoms with van der Waals surface area (Å²) in [5.74, 6) is 0. The van der Waals surface area contributed by atoms with E-state index in [1.54, 1.807) is 6.07 Å². The first-order valence-corrected chi connectivity index (χ1v) is 4.54. The van der Waals surface area contributed by atoms with Crippen LogP contribution < -0.4 is 5.73 Å². The summed E-state index contributed by atoms with van der Waals surface area (Å²) in [7, 11) is 0. The Morgan fingerprint density at radius 1 is 1.21 bits per heavy atom. The van der Waals surface area contributed by atoms with Crippen molar-refractivity contribution in [1.82, 2.24) is 0 Å². The number of nitrogen functional groups attached to an aromatic ring is 1. The monoisotopic (exact) mass is 205 g/mol. The molecule has 14 heavy (non-hydrogen) atoms. The van der Waals surface area contributed by atoms with Gasteiger partial charge in [-0.3, -0.25) is 4.79 Å². The minimum atomic E-state index is -0.478. The minimum Gasteiger partial charge on any atom is -0.399 e. The maximum atomic E-state index is 11.1. The number of rotatable bonds is 1. The van der Waals surface area contributed by atoms with E-state index in [1.807, 2.05) is 30.3 Å². The van der Waals surface area contributed by atoms with Gasteiger partial charge in [0.15, 0.2) is 0 Å². The fourth-order valence-electron chi connectivity index (χ4n) is 1.50. The average Bonchev–Trinajstić information content (AvgIpc) is 2.16. The zero-order chi connectivity index (χ0) is 10.1. The highest BCUT2D eigenvalue weighted by molar-refractivity contribution is 6.68. The Kier molecular flexibility index (Phi) is 2.14. The lowest BCUT2D eigenvalue weighted by Gasteiger charge is -2.03. The van der Waals surface area contributed by atoms with Crippen molar-refractivity contribution in [2.75, 3.05) is 5.73 Å². The van der Waals surface area contributed by atoms with E-state index in [1.165, 1.54) is 0 Å². The normalized spacial score (nSPS) is 10.4. The van der Waals surface area contributed by atoms with Crippen LogP contribution in [0, 0.1) is 0 Å². The topological polar surface area (TPSA) is 43.1 Å². The van der Waals surface area contributed by atoms with Crippen LogP contribution in [0.3, 0.4) is 0 Å². The fraction of sp³-hybridized carbons (Fsp3) is 0. The second-order valence-corrected chi connectivity index (χ2v) is 3.41. The quantitative estimate of drug-likeness (QED) is 0.575. The number of benzene rings is 2. The lowest BCUT2D eigenvalue weighted by Crippen LogP contribution is -1.94. The molecule has 0 heterocycles. The number of anilines is 1. The molecular weight excluding hydrogens is 198 g/mol. The van der Waals surface area contributed by atoms with E-state index in [0.717, 1.165) is 10.8 Å². The summed E-state index contributed by atoms with van der Waals surface area (Å²) in [5, 5.41) is 1.28. The molecule has 0 aliphatic heterocycles. The van der Waals surface area contributed by atoms with Crippen LogP contribution in [0.1, 0.15) is 10.4 Å². The van der Waals surface area contributed by atoms with Crippen LogP contribution in [0.2, 0.25) is 0 Å². The third-order valence-electron chi connectivity index (χ3n) is 2.10. The molecule has 0 amide bonds. The standard InChI is InChI=1S/C11H8ClNO/c12-11(14)10-6-8(13)5-7-3-1-2-4-9(7)10/h1-6H,13H2. The van der Waals surface area contributed by atoms with Gasteiger partial charge < -0.3 is 5.73 Å². The molecule has 0 saturated heterocycles. The molecule has 2 aromatic carbocycles. The van der Waals surface area contributed by atoms with E-state index < -0.39 is 5.24 Å². The Hall–Kier alpha value is -1.54. The molecule has 2 rings (SSSR count). The SMILES string of the molecule is Nc1cc(C(=O)Cl)c2ccccc2c1. The third kappa shape index (κ3) is 1.44. The number of fused-ring (bicyclic) bond motifs is 1. The first-order valence-electron chi connectivity index (χ1n) is 4.16. The van der Waals surface area contributed by atoms with Gasteiger partial charge in [-0.2, -0.15) is 0 Å². The van der Waals surface area contributed by atoms with Crippen molar-refractivity contribution in [3.8, 4) is 0 Å². The summed E-state index contributed by atoms with van der Waals surface area (Å²) in [6.07, 6.45) is 0. The second-order valence-electron chi connectivity index (χ2n) is 3.06. The Morgan fingerprint density at radius 2 is 1.93 bits per heavy atom. The van der Waals surface area contributed by atoms with Gasteiger partial charge in [0.05, 0.1) is 0 Å². The zero-order valence-electron chi connectivity index (χ0n) is 7.33. The van der Waals surface area contributed by atoms with E-state index >= 15 is 0 Å². The van der Waals surface area contributed by atoms with Gasteiger partial charge in [0.1, 0.15) is 0 Å². The summed E-state index contributed by atoms with van der Waals surface area (Å²) in [5.41, 5.74) is 6.66. The van der Waals surface area contributed by atoms with Crippen molar-refractivity contribution in [3.63, 3.8) is 0 Å². The van der Waals surface area contributed by atoms with Crippen molar-refractivity contribution in [3.05, 3.63) is 42.0 Å². The van der Waals surface area contributed by atoms with Crippen LogP contribution >= 0.6 is 11.6 Å². The Labute approximate surface area is 86.3 Å². The summed E-state index contributed by atoms with van der Waals surface area (Å²) in [6.45, 7) is 0. The second kappa shape index (κ2) is 3.31. The predicted octanol–water partition coefficient (Wildman–Crippen LogP) is 2.80. The van der Waals surface area contributed by atoms with Crippen LogP contribution in [0.25, 0.3) is 10.8 Å². The smallest absolute Gasteiger partial charge is 0.253 e. The highest BCUT2D eigenvalue weighted by atomic mass is 35.5. The molecular formula is C11H8ClNO. The number of hydrogen-bond donors (Lipinski definition) is 1. The summed E-state index contributed by atoms with van der Waals surface area (Å²) in [4.78, 5) is 11.1. The zero-order valence-corrected chi connectivity index (χ0v) is 8.08. The van der Waals surface area contributed by atoms with Crippen molar-refractivity contribution in [2.24, 2.45) is 0 Å². The summed E-state index contributed by atoms with van der Waals surface area (Å²) in [6, 6.07) is 10.9. The lowest BCUT2D eigenvalue weighted by molar-refractivity contribution is 0.108. The van der Waals surface area contributed by atoms with E-state index in [4.69, 9.17) is 17.3 Å². The van der Waals surface area contributed by atoms with Crippen molar-refractivity contribution in [1.29, 1.82) is 0 Å². The van der Waals surface area contributed by atoms with Gasteiger partial charge >= 0.3 is 0 Å². The van der Waals surface area contributed by atoms with Crippen LogP contribution in [0.5, 0.6) is 0 Å². The molecule has 0 bridgehead atoms. The average molecular weight is 206 g/mol. The molecule has 0 fully saturated rings. The Morgan fingerprint density at radius 3 is 2.64 bits per heavy atom. The molecule has 0 aromatic heterocycles. The summed E-state index contributed by atoms with van der Waals surface area (Å²) >= 11 is 5.46. The molecule has 70 valence electrons. The molecule has 0 spiro atoms. The van der Waals surface area contributed by atoms with Gasteiger partial charge in [-0.15, -0.1) is 0 Å². The van der Waals surface area contributed by atoms with Crippen molar-refractivity contribution < 1.29 is 4.79 Å². The van der Waals surface area contributed by atoms with Crippen LogP contribution in [-0.4, -0.2) is 5.24 Å². The van der Waals surface area contributed by atoms with Gasteiger partial charge in [-0.1, -0.05) is 24.3 Å². The number of carbonyl (C=O) groups excluding carboxylic acids is 1. The molecule has 0 saturated carbocycles. The molecule has 0 aliphatic rings. The van der Waals surface area contributed by atoms with Crippen LogP contribution in [0.15, 0.2) is 36.4 Å². The number of carbonyl (C=O) groups is 1. The minimum absolute atomic E-state index is 0.460. The van der Waals surface area contributed by atoms with Gasteiger partial charge in [-0.25, -0.2) is 0 Å². The lowest BCUT2D eigenvalue weighted by atomic mass is 10.0. The van der Waals surface area contributed by atoms with Gasteiger partial charge in [0.25, 0.3) is 5.24 Å². The third-order valence-corrected chi connectivity index (χ3v) is 2.30. The molecule has 0 atom stereocenters. The van der Waals surface area contributed by atoms with Gasteiger partial charge in [-0.05, 0) is 34.5 Å². The largest absolute Gasteiger partial charge is 0.399 e. The van der Waals surface area contributed by atoms with Crippen LogP contribution in [-0.2, 0) is 0 Å². The summed E-state index contributed by atoms with van der Waals surface area (Å²) < 4.78 is 0. The Balaban J connectivity index is 2.87. The van der Waals surface area contributed by atoms with E-state index in [0.29, 0.717) is 11.3 Å². The van der Waals surface area contributed by atoms with Crippen LogP contribution in [0.4, 0.5) is 5.69 Å². The Bertz CT molecular complexity index is 508. The van der Waals surface area contributed by atoms with E-state index in [9.17, 15) is 4.79 Å². The van der Waals surface area contributed by atoms with E-state index in [-0.39, 0.29) is 0 Å². The highest BCUT2D eigenvalue weighted by Gasteiger charge is 2.07. The number of halogens is 1. The molecule has 2 aromatic rings. The number of nitrogens with two attached hydrogens (primary N) is 1. The highest BCUT2D eigenvalue weighted by Crippen LogP contribution is 2.23. The molecule has 0 radical (unpaired) electrons. The molecule has 2 N–H and O–H groups in total. The molecule has 0 aliphatic carbocycles. The molecule has 2 nitrogen and oxygen atoms in total. The maximum absolute atomic E-state index is 11.1. The maximum Gasteiger partial charge on any atom is 0.253 e. The van der Waals surface area contributed by atoms with Gasteiger partial charge in [0, 0.05) is 11.3 Å². The first-order chi connectivity index (χ1) is 6.68. The van der Waals surface area contributed by atoms with E-state index in [2.05, 4.69) is 0 Å². The van der Waals surface area contributed by atoms with Crippen molar-refractivity contribution >= 4 is 33.3 Å². The van der Waals surface area contributed by atoms with Gasteiger partial charge in [0.2, 0.25) is 0 Å². The predicted molar refractivity (Wildman–Crippen MR) is 58.5 cm³/mol. The number of hydrogen-bond acceptors (Lipinski definition) is 2. The molecule has 3 heteroatoms. The van der Waals surface area contributed by atoms with Crippen molar-refractivity contribution in [2.45, 2.75) is 0 Å². The first kappa shape index (κ1) is 9.03. The molecule has 0 unspecified atom stereocenters.